The van der Waals surface area contributed by atoms with E-state index < -0.39 is 5.97 Å². The van der Waals surface area contributed by atoms with Crippen LogP contribution in [0.1, 0.15) is 11.1 Å². The quantitative estimate of drug-likeness (QED) is 0.877. The summed E-state index contributed by atoms with van der Waals surface area (Å²) in [7, 11) is 0. The first-order valence-corrected chi connectivity index (χ1v) is 6.04. The summed E-state index contributed by atoms with van der Waals surface area (Å²) >= 11 is 0. The van der Waals surface area contributed by atoms with Crippen LogP contribution in [0.5, 0.6) is 0 Å². The van der Waals surface area contributed by atoms with Crippen LogP contribution in [0.2, 0.25) is 0 Å². The number of aryl methyl sites for hydroxylation is 1. The van der Waals surface area contributed by atoms with E-state index in [1.807, 2.05) is 60.3 Å². The summed E-state index contributed by atoms with van der Waals surface area (Å²) in [4.78, 5) is 11.3. The molecule has 1 heterocycles. The maximum Gasteiger partial charge on any atom is 0.308 e. The molecule has 0 saturated carbocycles. The lowest BCUT2D eigenvalue weighted by Gasteiger charge is -2.13. The van der Waals surface area contributed by atoms with Gasteiger partial charge >= 0.3 is 5.97 Å². The number of nitrogens with zero attached hydrogens (tertiary/aromatic N) is 1. The van der Waals surface area contributed by atoms with E-state index in [0.717, 1.165) is 11.1 Å². The normalized spacial score (nSPS) is 12.3. The molecule has 2 aromatic rings. The summed E-state index contributed by atoms with van der Waals surface area (Å²) in [6.07, 6.45) is 4.35. The van der Waals surface area contributed by atoms with Crippen molar-refractivity contribution in [1.82, 2.24) is 4.57 Å². The molecule has 3 heteroatoms. The molecule has 2 rings (SSSR count). The molecule has 0 radical (unpaired) electrons. The second-order valence-electron chi connectivity index (χ2n) is 4.61. The Labute approximate surface area is 107 Å². The minimum atomic E-state index is -0.745. The number of rotatable bonds is 5. The van der Waals surface area contributed by atoms with Gasteiger partial charge in [-0.25, -0.2) is 0 Å². The fourth-order valence-corrected chi connectivity index (χ4v) is 2.10. The van der Waals surface area contributed by atoms with E-state index in [-0.39, 0.29) is 5.92 Å². The van der Waals surface area contributed by atoms with E-state index in [0.29, 0.717) is 13.0 Å². The fourth-order valence-electron chi connectivity index (χ4n) is 2.10. The Hall–Kier alpha value is -2.03. The minimum absolute atomic E-state index is 0.390. The molecular formula is C15H17NO2. The monoisotopic (exact) mass is 243 g/mol. The predicted molar refractivity (Wildman–Crippen MR) is 70.4 cm³/mol. The van der Waals surface area contributed by atoms with Crippen molar-refractivity contribution in [3.63, 3.8) is 0 Å². The Morgan fingerprint density at radius 3 is 2.61 bits per heavy atom. The van der Waals surface area contributed by atoms with Crippen LogP contribution in [-0.4, -0.2) is 15.6 Å². The molecule has 0 amide bonds. The molecule has 0 aliphatic rings. The van der Waals surface area contributed by atoms with Gasteiger partial charge in [-0.3, -0.25) is 4.79 Å². The van der Waals surface area contributed by atoms with E-state index in [9.17, 15) is 9.90 Å². The van der Waals surface area contributed by atoms with Gasteiger partial charge in [0.05, 0.1) is 5.92 Å². The molecule has 0 bridgehead atoms. The third-order valence-electron chi connectivity index (χ3n) is 3.01. The molecule has 0 aliphatic carbocycles. The molecular weight excluding hydrogens is 226 g/mol. The standard InChI is InChI=1S/C15H17NO2/c1-12-5-4-6-13(9-12)10-14(15(17)18)11-16-7-2-3-8-16/h2-9,14H,10-11H2,1H3,(H,17,18). The van der Waals surface area contributed by atoms with Crippen molar-refractivity contribution in [2.75, 3.05) is 0 Å². The molecule has 1 unspecified atom stereocenters. The Bertz CT molecular complexity index is 517. The zero-order valence-electron chi connectivity index (χ0n) is 10.4. The third-order valence-corrected chi connectivity index (χ3v) is 3.01. The van der Waals surface area contributed by atoms with Gasteiger partial charge in [0.25, 0.3) is 0 Å². The van der Waals surface area contributed by atoms with Crippen LogP contribution in [0.25, 0.3) is 0 Å². The van der Waals surface area contributed by atoms with Gasteiger partial charge in [0.1, 0.15) is 0 Å². The molecule has 1 aromatic carbocycles. The highest BCUT2D eigenvalue weighted by atomic mass is 16.4. The number of aliphatic carboxylic acids is 1. The molecule has 1 aromatic heterocycles. The lowest BCUT2D eigenvalue weighted by atomic mass is 9.98. The Kier molecular flexibility index (Phi) is 3.82. The van der Waals surface area contributed by atoms with Gasteiger partial charge in [-0.2, -0.15) is 0 Å². The Morgan fingerprint density at radius 2 is 2.00 bits per heavy atom. The zero-order valence-corrected chi connectivity index (χ0v) is 10.4. The summed E-state index contributed by atoms with van der Waals surface area (Å²) in [5.41, 5.74) is 2.24. The average Bonchev–Trinajstić information content (AvgIpc) is 2.81. The second-order valence-corrected chi connectivity index (χ2v) is 4.61. The summed E-state index contributed by atoms with van der Waals surface area (Å²) in [6.45, 7) is 2.53. The van der Waals surface area contributed by atoms with Crippen LogP contribution in [0.15, 0.2) is 48.8 Å². The van der Waals surface area contributed by atoms with E-state index in [4.69, 9.17) is 0 Å². The Balaban J connectivity index is 2.09. The fraction of sp³-hybridized carbons (Fsp3) is 0.267. The third kappa shape index (κ3) is 3.23. The highest BCUT2D eigenvalue weighted by Crippen LogP contribution is 2.13. The maximum atomic E-state index is 11.3. The van der Waals surface area contributed by atoms with Gasteiger partial charge in [0, 0.05) is 18.9 Å². The van der Waals surface area contributed by atoms with Crippen LogP contribution >= 0.6 is 0 Å². The molecule has 1 N–H and O–H groups in total. The zero-order chi connectivity index (χ0) is 13.0. The van der Waals surface area contributed by atoms with Gasteiger partial charge in [-0.15, -0.1) is 0 Å². The van der Waals surface area contributed by atoms with Gasteiger partial charge in [0.15, 0.2) is 0 Å². The first-order valence-electron chi connectivity index (χ1n) is 6.04. The number of hydrogen-bond acceptors (Lipinski definition) is 1. The summed E-state index contributed by atoms with van der Waals surface area (Å²) in [6, 6.07) is 11.8. The first-order chi connectivity index (χ1) is 8.65. The van der Waals surface area contributed by atoms with Crippen molar-refractivity contribution in [3.05, 3.63) is 59.9 Å². The SMILES string of the molecule is Cc1cccc(CC(Cn2cccc2)C(=O)O)c1. The second kappa shape index (κ2) is 5.54. The van der Waals surface area contributed by atoms with Crippen LogP contribution in [-0.2, 0) is 17.8 Å². The minimum Gasteiger partial charge on any atom is -0.481 e. The van der Waals surface area contributed by atoms with Crippen LogP contribution in [0, 0.1) is 12.8 Å². The van der Waals surface area contributed by atoms with E-state index >= 15 is 0 Å². The molecule has 1 atom stereocenters. The van der Waals surface area contributed by atoms with Crippen molar-refractivity contribution in [1.29, 1.82) is 0 Å². The highest BCUT2D eigenvalue weighted by Gasteiger charge is 2.18. The van der Waals surface area contributed by atoms with E-state index in [2.05, 4.69) is 0 Å². The first kappa shape index (κ1) is 12.4. The topological polar surface area (TPSA) is 42.2 Å². The van der Waals surface area contributed by atoms with Gasteiger partial charge in [-0.05, 0) is 31.0 Å². The van der Waals surface area contributed by atoms with Crippen molar-refractivity contribution < 1.29 is 9.90 Å². The smallest absolute Gasteiger partial charge is 0.308 e. The lowest BCUT2D eigenvalue weighted by Crippen LogP contribution is -2.21. The molecule has 94 valence electrons. The highest BCUT2D eigenvalue weighted by molar-refractivity contribution is 5.70. The van der Waals surface area contributed by atoms with Crippen molar-refractivity contribution in [3.8, 4) is 0 Å². The van der Waals surface area contributed by atoms with E-state index in [1.165, 1.54) is 0 Å². The summed E-state index contributed by atoms with van der Waals surface area (Å²) in [5, 5.41) is 9.29. The summed E-state index contributed by atoms with van der Waals surface area (Å²) < 4.78 is 1.91. The van der Waals surface area contributed by atoms with Crippen molar-refractivity contribution >= 4 is 5.97 Å². The van der Waals surface area contributed by atoms with E-state index in [1.54, 1.807) is 0 Å². The number of carboxylic acid groups (broad SMARTS) is 1. The van der Waals surface area contributed by atoms with Gasteiger partial charge in [-0.1, -0.05) is 29.8 Å². The lowest BCUT2D eigenvalue weighted by molar-refractivity contribution is -0.142. The molecule has 18 heavy (non-hydrogen) atoms. The number of carboxylic acids is 1. The molecule has 0 spiro atoms. The molecule has 0 saturated heterocycles. The maximum absolute atomic E-state index is 11.3. The number of hydrogen-bond donors (Lipinski definition) is 1. The average molecular weight is 243 g/mol. The predicted octanol–water partition coefficient (Wildman–Crippen LogP) is 2.74. The van der Waals surface area contributed by atoms with Gasteiger partial charge in [0.2, 0.25) is 0 Å². The van der Waals surface area contributed by atoms with Crippen LogP contribution < -0.4 is 0 Å². The number of aromatic nitrogens is 1. The van der Waals surface area contributed by atoms with Crippen LogP contribution in [0.3, 0.4) is 0 Å². The number of carbonyl (C=O) groups is 1. The number of benzene rings is 1. The van der Waals surface area contributed by atoms with Gasteiger partial charge < -0.3 is 9.67 Å². The molecule has 3 nitrogen and oxygen atoms in total. The Morgan fingerprint density at radius 1 is 1.28 bits per heavy atom. The van der Waals surface area contributed by atoms with Crippen molar-refractivity contribution in [2.45, 2.75) is 19.9 Å². The summed E-state index contributed by atoms with van der Waals surface area (Å²) in [5.74, 6) is -1.13. The van der Waals surface area contributed by atoms with Crippen LogP contribution in [0.4, 0.5) is 0 Å². The largest absolute Gasteiger partial charge is 0.481 e. The molecule has 0 fully saturated rings. The molecule has 0 aliphatic heterocycles. The van der Waals surface area contributed by atoms with Crippen molar-refractivity contribution in [2.24, 2.45) is 5.92 Å².